The molecule has 0 saturated heterocycles. The predicted octanol–water partition coefficient (Wildman–Crippen LogP) is 4.11. The zero-order valence-electron chi connectivity index (χ0n) is 13.5. The van der Waals surface area contributed by atoms with Gasteiger partial charge in [-0.05, 0) is 61.2 Å². The number of H-pyrrole nitrogens is 2. The molecule has 0 aliphatic heterocycles. The van der Waals surface area contributed by atoms with Gasteiger partial charge in [0, 0.05) is 22.9 Å². The number of fused-ring (bicyclic) bond motifs is 1. The predicted molar refractivity (Wildman–Crippen MR) is 93.3 cm³/mol. The van der Waals surface area contributed by atoms with Crippen LogP contribution < -0.4 is 0 Å². The molecule has 0 radical (unpaired) electrons. The molecule has 0 spiro atoms. The lowest BCUT2D eigenvalue weighted by atomic mass is 10.1. The number of benzene rings is 2. The minimum absolute atomic E-state index is 0.256. The Kier molecular flexibility index (Phi) is 3.16. The molecule has 124 valence electrons. The Balaban J connectivity index is 1.55. The van der Waals surface area contributed by atoms with Crippen molar-refractivity contribution in [2.24, 2.45) is 5.92 Å². The first kappa shape index (κ1) is 14.3. The minimum Gasteiger partial charge on any atom is -0.277 e. The molecule has 4 aromatic rings. The first-order valence-electron chi connectivity index (χ1n) is 8.42. The Morgan fingerprint density at radius 3 is 2.56 bits per heavy atom. The van der Waals surface area contributed by atoms with Crippen LogP contribution in [0.4, 0.5) is 4.39 Å². The van der Waals surface area contributed by atoms with Crippen molar-refractivity contribution in [2.75, 3.05) is 0 Å². The summed E-state index contributed by atoms with van der Waals surface area (Å²) < 4.78 is 13.2. The normalized spacial score (nSPS) is 14.3. The van der Waals surface area contributed by atoms with Crippen molar-refractivity contribution < 1.29 is 4.39 Å². The molecule has 2 aromatic carbocycles. The van der Waals surface area contributed by atoms with Gasteiger partial charge in [-0.15, -0.1) is 0 Å². The van der Waals surface area contributed by atoms with Crippen LogP contribution in [-0.2, 0) is 6.42 Å². The van der Waals surface area contributed by atoms with Crippen molar-refractivity contribution in [3.05, 3.63) is 54.1 Å². The van der Waals surface area contributed by atoms with Crippen LogP contribution in [0.25, 0.3) is 33.5 Å². The lowest BCUT2D eigenvalue weighted by Crippen LogP contribution is -1.89. The van der Waals surface area contributed by atoms with Gasteiger partial charge in [0.25, 0.3) is 0 Å². The number of nitrogens with zero attached hydrogens (tertiary/aromatic N) is 3. The molecule has 0 bridgehead atoms. The molecule has 0 amide bonds. The van der Waals surface area contributed by atoms with E-state index in [1.54, 1.807) is 12.1 Å². The zero-order valence-corrected chi connectivity index (χ0v) is 13.5. The summed E-state index contributed by atoms with van der Waals surface area (Å²) in [6, 6.07) is 12.3. The maximum Gasteiger partial charge on any atom is 0.181 e. The number of halogens is 1. The number of aromatic amines is 2. The maximum atomic E-state index is 13.2. The van der Waals surface area contributed by atoms with Crippen molar-refractivity contribution in [3.63, 3.8) is 0 Å². The highest BCUT2D eigenvalue weighted by atomic mass is 19.1. The fourth-order valence-electron chi connectivity index (χ4n) is 3.09. The van der Waals surface area contributed by atoms with Gasteiger partial charge in [0.1, 0.15) is 11.6 Å². The van der Waals surface area contributed by atoms with Crippen molar-refractivity contribution >= 4 is 10.9 Å². The zero-order chi connectivity index (χ0) is 16.8. The van der Waals surface area contributed by atoms with Gasteiger partial charge >= 0.3 is 0 Å². The molecular formula is C19H16FN5. The van der Waals surface area contributed by atoms with E-state index in [2.05, 4.69) is 25.4 Å². The standard InChI is InChI=1S/C19H16FN5/c20-14-6-3-12(4-7-14)18-15-10-13(5-8-16(15)22-24-18)19-21-17(23-25-19)9-11-1-2-11/h3-8,10-11H,1-2,9H2,(H,22,24)(H,21,23,25). The van der Waals surface area contributed by atoms with Crippen molar-refractivity contribution in [3.8, 4) is 22.6 Å². The summed E-state index contributed by atoms with van der Waals surface area (Å²) in [5, 5.41) is 15.8. The highest BCUT2D eigenvalue weighted by molar-refractivity contribution is 5.95. The number of hydrogen-bond donors (Lipinski definition) is 2. The molecule has 1 aliphatic rings. The van der Waals surface area contributed by atoms with Gasteiger partial charge in [-0.1, -0.05) is 0 Å². The largest absolute Gasteiger partial charge is 0.277 e. The van der Waals surface area contributed by atoms with Crippen LogP contribution in [0.1, 0.15) is 18.7 Å². The first-order valence-corrected chi connectivity index (χ1v) is 8.42. The number of aromatic nitrogens is 5. The van der Waals surface area contributed by atoms with Crippen molar-refractivity contribution in [1.29, 1.82) is 0 Å². The van der Waals surface area contributed by atoms with Crippen LogP contribution in [-0.4, -0.2) is 25.4 Å². The highest BCUT2D eigenvalue weighted by Gasteiger charge is 2.23. The van der Waals surface area contributed by atoms with E-state index in [0.29, 0.717) is 5.82 Å². The van der Waals surface area contributed by atoms with Gasteiger partial charge < -0.3 is 0 Å². The summed E-state index contributed by atoms with van der Waals surface area (Å²) in [7, 11) is 0. The number of rotatable bonds is 4. The minimum atomic E-state index is -0.256. The van der Waals surface area contributed by atoms with E-state index in [1.807, 2.05) is 18.2 Å². The van der Waals surface area contributed by atoms with Gasteiger partial charge in [-0.2, -0.15) is 10.2 Å². The van der Waals surface area contributed by atoms with Crippen LogP contribution in [0.3, 0.4) is 0 Å². The lowest BCUT2D eigenvalue weighted by molar-refractivity contribution is 0.628. The molecule has 0 atom stereocenters. The van der Waals surface area contributed by atoms with Crippen molar-refractivity contribution in [2.45, 2.75) is 19.3 Å². The SMILES string of the molecule is Fc1ccc(-c2n[nH]c3ccc(-c4n[nH]c(CC5CC5)n4)cc23)cc1. The molecule has 2 aromatic heterocycles. The van der Waals surface area contributed by atoms with Crippen LogP contribution in [0.2, 0.25) is 0 Å². The van der Waals surface area contributed by atoms with Gasteiger partial charge in [0.2, 0.25) is 0 Å². The van der Waals surface area contributed by atoms with E-state index in [-0.39, 0.29) is 5.82 Å². The fraction of sp³-hybridized carbons (Fsp3) is 0.211. The molecule has 1 saturated carbocycles. The van der Waals surface area contributed by atoms with Crippen LogP contribution >= 0.6 is 0 Å². The number of nitrogens with one attached hydrogen (secondary N) is 2. The Morgan fingerprint density at radius 1 is 0.960 bits per heavy atom. The maximum absolute atomic E-state index is 13.2. The van der Waals surface area contributed by atoms with E-state index < -0.39 is 0 Å². The van der Waals surface area contributed by atoms with E-state index in [4.69, 9.17) is 0 Å². The van der Waals surface area contributed by atoms with Crippen molar-refractivity contribution in [1.82, 2.24) is 25.4 Å². The average molecular weight is 333 g/mol. The van der Waals surface area contributed by atoms with Gasteiger partial charge in [-0.3, -0.25) is 10.2 Å². The fourth-order valence-corrected chi connectivity index (χ4v) is 3.09. The second kappa shape index (κ2) is 5.51. The molecule has 1 aliphatic carbocycles. The van der Waals surface area contributed by atoms with E-state index in [1.165, 1.54) is 25.0 Å². The molecular weight excluding hydrogens is 317 g/mol. The molecule has 2 N–H and O–H groups in total. The molecule has 2 heterocycles. The Bertz CT molecular complexity index is 1040. The monoisotopic (exact) mass is 333 g/mol. The first-order chi connectivity index (χ1) is 12.3. The summed E-state index contributed by atoms with van der Waals surface area (Å²) in [6.07, 6.45) is 3.55. The van der Waals surface area contributed by atoms with Crippen LogP contribution in [0.15, 0.2) is 42.5 Å². The third kappa shape index (κ3) is 2.69. The quantitative estimate of drug-likeness (QED) is 0.590. The molecule has 5 rings (SSSR count). The summed E-state index contributed by atoms with van der Waals surface area (Å²) >= 11 is 0. The lowest BCUT2D eigenvalue weighted by Gasteiger charge is -2.00. The summed E-state index contributed by atoms with van der Waals surface area (Å²) in [5.41, 5.74) is 3.53. The van der Waals surface area contributed by atoms with E-state index in [9.17, 15) is 4.39 Å². The molecule has 25 heavy (non-hydrogen) atoms. The van der Waals surface area contributed by atoms with Gasteiger partial charge in [-0.25, -0.2) is 9.37 Å². The Morgan fingerprint density at radius 2 is 1.76 bits per heavy atom. The van der Waals surface area contributed by atoms with Crippen LogP contribution in [0.5, 0.6) is 0 Å². The van der Waals surface area contributed by atoms with E-state index >= 15 is 0 Å². The Hall–Kier alpha value is -3.02. The summed E-state index contributed by atoms with van der Waals surface area (Å²) in [4.78, 5) is 4.62. The highest BCUT2D eigenvalue weighted by Crippen LogP contribution is 2.32. The smallest absolute Gasteiger partial charge is 0.181 e. The van der Waals surface area contributed by atoms with E-state index in [0.717, 1.165) is 45.9 Å². The Labute approximate surface area is 143 Å². The second-order valence-corrected chi connectivity index (χ2v) is 6.59. The molecule has 0 unspecified atom stereocenters. The van der Waals surface area contributed by atoms with Gasteiger partial charge in [0.15, 0.2) is 5.82 Å². The molecule has 5 nitrogen and oxygen atoms in total. The van der Waals surface area contributed by atoms with Crippen LogP contribution in [0, 0.1) is 11.7 Å². The second-order valence-electron chi connectivity index (χ2n) is 6.59. The molecule has 1 fully saturated rings. The summed E-state index contributed by atoms with van der Waals surface area (Å²) in [5.74, 6) is 2.16. The topological polar surface area (TPSA) is 70.2 Å². The summed E-state index contributed by atoms with van der Waals surface area (Å²) in [6.45, 7) is 0. The number of hydrogen-bond acceptors (Lipinski definition) is 3. The average Bonchev–Trinajstić information content (AvgIpc) is 3.16. The third-order valence-corrected chi connectivity index (χ3v) is 4.65. The van der Waals surface area contributed by atoms with Gasteiger partial charge in [0.05, 0.1) is 11.2 Å². The third-order valence-electron chi connectivity index (χ3n) is 4.65. The molecule has 6 heteroatoms.